The maximum atomic E-state index is 12.5. The third-order valence-electron chi connectivity index (χ3n) is 13.6. The van der Waals surface area contributed by atoms with Crippen LogP contribution in [0, 0.1) is 0 Å². The minimum atomic E-state index is -0.653. The van der Waals surface area contributed by atoms with Crippen molar-refractivity contribution in [3.8, 4) is 0 Å². The molecule has 1 amide bonds. The van der Waals surface area contributed by atoms with Gasteiger partial charge < -0.3 is 15.5 Å². The van der Waals surface area contributed by atoms with Gasteiger partial charge in [-0.05, 0) is 12.8 Å². The van der Waals surface area contributed by atoms with Gasteiger partial charge in [0.05, 0.1) is 18.8 Å². The van der Waals surface area contributed by atoms with Gasteiger partial charge in [0.25, 0.3) is 0 Å². The van der Waals surface area contributed by atoms with Gasteiger partial charge in [-0.15, -0.1) is 0 Å². The quantitative estimate of drug-likeness (QED) is 0.0534. The van der Waals surface area contributed by atoms with Crippen LogP contribution in [0.25, 0.3) is 0 Å². The highest BCUT2D eigenvalue weighted by molar-refractivity contribution is 5.76. The minimum absolute atomic E-state index is 0.0236. The molecule has 4 nitrogen and oxygen atoms in total. The van der Waals surface area contributed by atoms with Crippen molar-refractivity contribution >= 4 is 5.91 Å². The van der Waals surface area contributed by atoms with Gasteiger partial charge >= 0.3 is 0 Å². The van der Waals surface area contributed by atoms with E-state index in [1.54, 1.807) is 0 Å². The van der Waals surface area contributed by atoms with Gasteiger partial charge in [0.15, 0.2) is 0 Å². The van der Waals surface area contributed by atoms with Crippen LogP contribution in [-0.2, 0) is 4.79 Å². The van der Waals surface area contributed by atoms with Gasteiger partial charge in [0, 0.05) is 6.42 Å². The number of carbonyl (C=O) groups excluding carboxylic acids is 1. The summed E-state index contributed by atoms with van der Waals surface area (Å²) in [5, 5.41) is 23.2. The Morgan fingerprint density at radius 2 is 0.533 bits per heavy atom. The highest BCUT2D eigenvalue weighted by atomic mass is 16.3. The summed E-state index contributed by atoms with van der Waals surface area (Å²) < 4.78 is 0. The predicted molar refractivity (Wildman–Crippen MR) is 267 cm³/mol. The van der Waals surface area contributed by atoms with E-state index in [0.717, 1.165) is 25.7 Å². The predicted octanol–water partition coefficient (Wildman–Crippen LogP) is 18.4. The Balaban J connectivity index is 3.33. The summed E-state index contributed by atoms with van der Waals surface area (Å²) in [4.78, 5) is 12.5. The molecule has 3 N–H and O–H groups in total. The summed E-state index contributed by atoms with van der Waals surface area (Å²) in [6, 6.07) is -0.530. The van der Waals surface area contributed by atoms with Crippen LogP contribution in [0.1, 0.15) is 335 Å². The lowest BCUT2D eigenvalue weighted by Crippen LogP contribution is -2.45. The molecule has 0 radical (unpaired) electrons. The molecule has 0 heterocycles. The molecule has 0 saturated carbocycles. The van der Waals surface area contributed by atoms with Crippen LogP contribution < -0.4 is 5.32 Å². The summed E-state index contributed by atoms with van der Waals surface area (Å²) in [7, 11) is 0. The van der Waals surface area contributed by atoms with Crippen molar-refractivity contribution in [3.63, 3.8) is 0 Å². The first-order valence-corrected chi connectivity index (χ1v) is 28.2. The van der Waals surface area contributed by atoms with E-state index in [4.69, 9.17) is 0 Å². The van der Waals surface area contributed by atoms with E-state index in [1.807, 2.05) is 0 Å². The Morgan fingerprint density at radius 1 is 0.333 bits per heavy atom. The number of aliphatic hydroxyl groups excluding tert-OH is 2. The molecule has 0 spiro atoms. The van der Waals surface area contributed by atoms with E-state index in [0.29, 0.717) is 12.8 Å². The van der Waals surface area contributed by atoms with Crippen LogP contribution in [-0.4, -0.2) is 34.9 Å². The van der Waals surface area contributed by atoms with Gasteiger partial charge in [0.1, 0.15) is 0 Å². The number of nitrogens with one attached hydrogen (secondary N) is 1. The molecule has 0 aliphatic carbocycles. The van der Waals surface area contributed by atoms with Crippen LogP contribution in [0.3, 0.4) is 0 Å². The number of amides is 1. The zero-order valence-electron chi connectivity index (χ0n) is 41.5. The number of unbranched alkanes of at least 4 members (excludes halogenated alkanes) is 46. The van der Waals surface area contributed by atoms with Crippen LogP contribution >= 0.6 is 0 Å². The number of hydrogen-bond acceptors (Lipinski definition) is 3. The molecule has 0 aliphatic rings. The lowest BCUT2D eigenvalue weighted by molar-refractivity contribution is -0.123. The van der Waals surface area contributed by atoms with Gasteiger partial charge in [0.2, 0.25) is 5.91 Å². The molecule has 360 valence electrons. The van der Waals surface area contributed by atoms with E-state index in [2.05, 4.69) is 19.2 Å². The first-order chi connectivity index (χ1) is 29.7. The second kappa shape index (κ2) is 52.7. The Morgan fingerprint density at radius 3 is 0.750 bits per heavy atom. The Kier molecular flexibility index (Phi) is 52.2. The van der Waals surface area contributed by atoms with E-state index in [9.17, 15) is 15.0 Å². The molecular weight excluding hydrogens is 735 g/mol. The number of carbonyl (C=O) groups is 1. The summed E-state index contributed by atoms with van der Waals surface area (Å²) >= 11 is 0. The second-order valence-corrected chi connectivity index (χ2v) is 19.7. The van der Waals surface area contributed by atoms with Crippen molar-refractivity contribution in [2.75, 3.05) is 6.61 Å². The highest BCUT2D eigenvalue weighted by Gasteiger charge is 2.20. The van der Waals surface area contributed by atoms with Crippen LogP contribution in [0.4, 0.5) is 0 Å². The second-order valence-electron chi connectivity index (χ2n) is 19.7. The standard InChI is InChI=1S/C56H113NO3/c1-3-5-7-9-11-13-15-17-18-19-20-21-22-23-24-25-26-27-28-29-30-31-32-33-34-35-36-37-38-40-42-44-46-48-50-52-56(60)57-54(53-58)55(59)51-49-47-45-43-41-39-16-14-12-10-8-6-4-2/h54-55,58-59H,3-53H2,1-2H3,(H,57,60). The molecule has 0 aromatic carbocycles. The lowest BCUT2D eigenvalue weighted by Gasteiger charge is -2.22. The molecule has 0 rings (SSSR count). The third-order valence-corrected chi connectivity index (χ3v) is 13.6. The van der Waals surface area contributed by atoms with Crippen molar-refractivity contribution in [2.24, 2.45) is 0 Å². The van der Waals surface area contributed by atoms with Gasteiger partial charge in [-0.25, -0.2) is 0 Å². The molecule has 0 aliphatic heterocycles. The zero-order valence-corrected chi connectivity index (χ0v) is 41.5. The Bertz CT molecular complexity index is 788. The molecule has 0 fully saturated rings. The van der Waals surface area contributed by atoms with Gasteiger partial charge in [-0.1, -0.05) is 316 Å². The van der Waals surface area contributed by atoms with Crippen molar-refractivity contribution < 1.29 is 15.0 Å². The maximum Gasteiger partial charge on any atom is 0.220 e. The number of rotatable bonds is 53. The van der Waals surface area contributed by atoms with Crippen molar-refractivity contribution in [1.82, 2.24) is 5.32 Å². The fourth-order valence-electron chi connectivity index (χ4n) is 9.31. The van der Waals surface area contributed by atoms with Crippen LogP contribution in [0.15, 0.2) is 0 Å². The normalized spacial score (nSPS) is 12.7. The zero-order chi connectivity index (χ0) is 43.5. The van der Waals surface area contributed by atoms with Crippen LogP contribution in [0.2, 0.25) is 0 Å². The molecule has 0 saturated heterocycles. The topological polar surface area (TPSA) is 69.6 Å². The Hall–Kier alpha value is -0.610. The summed E-state index contributed by atoms with van der Waals surface area (Å²) in [6.45, 7) is 4.39. The van der Waals surface area contributed by atoms with Gasteiger partial charge in [-0.3, -0.25) is 4.79 Å². The number of hydrogen-bond donors (Lipinski definition) is 3. The van der Waals surface area contributed by atoms with Crippen LogP contribution in [0.5, 0.6) is 0 Å². The van der Waals surface area contributed by atoms with Crippen molar-refractivity contribution in [2.45, 2.75) is 347 Å². The first-order valence-electron chi connectivity index (χ1n) is 28.2. The molecule has 2 unspecified atom stereocenters. The highest BCUT2D eigenvalue weighted by Crippen LogP contribution is 2.18. The maximum absolute atomic E-state index is 12.5. The molecular formula is C56H113NO3. The molecule has 0 aromatic rings. The van der Waals surface area contributed by atoms with E-state index in [1.165, 1.54) is 283 Å². The molecule has 0 bridgehead atoms. The van der Waals surface area contributed by atoms with E-state index < -0.39 is 12.1 Å². The SMILES string of the molecule is CCCCCCCCCCCCCCCCCCCCCCCCCCCCCCCCCCCCCC(=O)NC(CO)C(O)CCCCCCCCCCCCCCC. The monoisotopic (exact) mass is 848 g/mol. The smallest absolute Gasteiger partial charge is 0.220 e. The van der Waals surface area contributed by atoms with Crippen molar-refractivity contribution in [3.05, 3.63) is 0 Å². The summed E-state index contributed by atoms with van der Waals surface area (Å²) in [5.41, 5.74) is 0. The molecule has 4 heteroatoms. The van der Waals surface area contributed by atoms with E-state index in [-0.39, 0.29) is 12.5 Å². The largest absolute Gasteiger partial charge is 0.394 e. The minimum Gasteiger partial charge on any atom is -0.394 e. The molecule has 0 aromatic heterocycles. The van der Waals surface area contributed by atoms with E-state index >= 15 is 0 Å². The number of aliphatic hydroxyl groups is 2. The third kappa shape index (κ3) is 48.4. The first kappa shape index (κ1) is 59.4. The average Bonchev–Trinajstić information content (AvgIpc) is 3.25. The fourth-order valence-corrected chi connectivity index (χ4v) is 9.31. The molecule has 2 atom stereocenters. The lowest BCUT2D eigenvalue weighted by atomic mass is 10.0. The van der Waals surface area contributed by atoms with Gasteiger partial charge in [-0.2, -0.15) is 0 Å². The summed E-state index contributed by atoms with van der Waals surface area (Å²) in [5.74, 6) is -0.0236. The Labute approximate surface area is 378 Å². The average molecular weight is 849 g/mol. The van der Waals surface area contributed by atoms with Crippen molar-refractivity contribution in [1.29, 1.82) is 0 Å². The summed E-state index contributed by atoms with van der Waals surface area (Å²) in [6.07, 6.45) is 66.8. The fraction of sp³-hybridized carbons (Fsp3) is 0.982. The molecule has 60 heavy (non-hydrogen) atoms.